The second kappa shape index (κ2) is 8.18. The van der Waals surface area contributed by atoms with E-state index >= 15 is 0 Å². The van der Waals surface area contributed by atoms with Gasteiger partial charge >= 0.3 is 6.18 Å². The minimum atomic E-state index is -4.53. The van der Waals surface area contributed by atoms with Crippen LogP contribution < -0.4 is 10.5 Å². The van der Waals surface area contributed by atoms with Crippen molar-refractivity contribution in [2.75, 3.05) is 37.6 Å². The molecule has 1 aromatic carbocycles. The third-order valence-corrected chi connectivity index (χ3v) is 6.66. The molecule has 1 aliphatic heterocycles. The molecule has 1 fully saturated rings. The Morgan fingerprint density at radius 2 is 1.78 bits per heavy atom. The molecule has 0 saturated carbocycles. The molecule has 0 N–H and O–H groups in total. The van der Waals surface area contributed by atoms with Gasteiger partial charge in [-0.15, -0.1) is 0 Å². The quantitative estimate of drug-likeness (QED) is 0.464. The van der Waals surface area contributed by atoms with E-state index in [0.29, 0.717) is 13.1 Å². The summed E-state index contributed by atoms with van der Waals surface area (Å²) in [5.74, 6) is 1.03. The molecule has 5 rings (SSSR count). The van der Waals surface area contributed by atoms with Gasteiger partial charge in [0.05, 0.1) is 10.1 Å². The fraction of sp³-hybridized carbons (Fsp3) is 0.318. The van der Waals surface area contributed by atoms with Gasteiger partial charge in [-0.3, -0.25) is 14.7 Å². The highest BCUT2D eigenvalue weighted by Crippen LogP contribution is 2.30. The number of hydrogen-bond acceptors (Lipinski definition) is 6. The van der Waals surface area contributed by atoms with Gasteiger partial charge in [0.15, 0.2) is 0 Å². The molecule has 0 spiro atoms. The molecular formula is C22H20F3N5OS. The molecule has 166 valence electrons. The van der Waals surface area contributed by atoms with E-state index in [-0.39, 0.29) is 16.3 Å². The van der Waals surface area contributed by atoms with E-state index in [4.69, 9.17) is 0 Å². The van der Waals surface area contributed by atoms with Crippen molar-refractivity contribution < 1.29 is 13.2 Å². The van der Waals surface area contributed by atoms with Crippen molar-refractivity contribution in [2.24, 2.45) is 0 Å². The lowest BCUT2D eigenvalue weighted by molar-refractivity contribution is -0.141. The average Bonchev–Trinajstić information content (AvgIpc) is 3.22. The summed E-state index contributed by atoms with van der Waals surface area (Å²) in [5.41, 5.74) is -1.32. The zero-order valence-corrected chi connectivity index (χ0v) is 17.9. The molecule has 6 nitrogen and oxygen atoms in total. The molecule has 0 atom stereocenters. The highest BCUT2D eigenvalue weighted by atomic mass is 32.1. The van der Waals surface area contributed by atoms with Crippen LogP contribution in [0.4, 0.5) is 19.0 Å². The minimum Gasteiger partial charge on any atom is -0.353 e. The summed E-state index contributed by atoms with van der Waals surface area (Å²) in [6.45, 7) is 4.56. The lowest BCUT2D eigenvalue weighted by Crippen LogP contribution is -2.47. The number of nitrogens with zero attached hydrogens (tertiary/aromatic N) is 5. The van der Waals surface area contributed by atoms with Gasteiger partial charge in [0.1, 0.15) is 11.5 Å². The van der Waals surface area contributed by atoms with Crippen molar-refractivity contribution in [1.29, 1.82) is 0 Å². The standard InChI is InChI=1S/C22H20F3N5OS/c23-22(24,25)19-13-15-5-6-30(21(31)17(15)14-26-19)12-9-28-7-10-29(11-8-28)20-16-3-1-2-4-18(16)32-27-20/h1-6,13-14H,7-12H2. The smallest absolute Gasteiger partial charge is 0.353 e. The second-order valence-corrected chi connectivity index (χ2v) is 8.60. The lowest BCUT2D eigenvalue weighted by atomic mass is 10.2. The van der Waals surface area contributed by atoms with Crippen molar-refractivity contribution >= 4 is 38.2 Å². The van der Waals surface area contributed by atoms with Crippen LogP contribution in [0.3, 0.4) is 0 Å². The van der Waals surface area contributed by atoms with Crippen LogP contribution in [-0.2, 0) is 12.7 Å². The summed E-state index contributed by atoms with van der Waals surface area (Å²) in [4.78, 5) is 20.7. The number of aromatic nitrogens is 3. The van der Waals surface area contributed by atoms with Crippen LogP contribution in [0.25, 0.3) is 20.9 Å². The molecule has 0 unspecified atom stereocenters. The van der Waals surface area contributed by atoms with Gasteiger partial charge in [0.25, 0.3) is 5.56 Å². The number of benzene rings is 1. The zero-order valence-electron chi connectivity index (χ0n) is 17.0. The largest absolute Gasteiger partial charge is 0.433 e. The summed E-state index contributed by atoms with van der Waals surface area (Å²) in [6, 6.07) is 10.7. The predicted molar refractivity (Wildman–Crippen MR) is 119 cm³/mol. The molecule has 0 radical (unpaired) electrons. The third kappa shape index (κ3) is 3.95. The van der Waals surface area contributed by atoms with Gasteiger partial charge in [0, 0.05) is 57.0 Å². The Labute approximate surface area is 185 Å². The molecule has 1 saturated heterocycles. The highest BCUT2D eigenvalue weighted by molar-refractivity contribution is 7.13. The zero-order chi connectivity index (χ0) is 22.3. The van der Waals surface area contributed by atoms with E-state index in [1.807, 2.05) is 12.1 Å². The molecule has 3 aromatic heterocycles. The first kappa shape index (κ1) is 20.9. The van der Waals surface area contributed by atoms with Crippen molar-refractivity contribution in [3.63, 3.8) is 0 Å². The molecule has 10 heteroatoms. The summed E-state index contributed by atoms with van der Waals surface area (Å²) in [5, 5.41) is 1.62. The third-order valence-electron chi connectivity index (χ3n) is 5.84. The van der Waals surface area contributed by atoms with Crippen LogP contribution >= 0.6 is 11.5 Å². The Kier molecular flexibility index (Phi) is 5.34. The van der Waals surface area contributed by atoms with Crippen LogP contribution in [0.15, 0.2) is 53.6 Å². The Morgan fingerprint density at radius 3 is 2.56 bits per heavy atom. The van der Waals surface area contributed by atoms with Crippen molar-refractivity contribution in [1.82, 2.24) is 18.8 Å². The molecule has 4 heterocycles. The topological polar surface area (TPSA) is 54.3 Å². The number of anilines is 1. The maximum atomic E-state index is 12.9. The first-order valence-electron chi connectivity index (χ1n) is 10.3. The summed E-state index contributed by atoms with van der Waals surface area (Å²) >= 11 is 1.51. The number of fused-ring (bicyclic) bond motifs is 2. The Hall–Kier alpha value is -2.98. The van der Waals surface area contributed by atoms with Crippen LogP contribution in [0.1, 0.15) is 5.69 Å². The highest BCUT2D eigenvalue weighted by Gasteiger charge is 2.32. The van der Waals surface area contributed by atoms with Crippen molar-refractivity contribution in [3.05, 3.63) is 64.8 Å². The van der Waals surface area contributed by atoms with E-state index in [0.717, 1.165) is 44.3 Å². The first-order chi connectivity index (χ1) is 15.4. The van der Waals surface area contributed by atoms with Crippen LogP contribution in [0, 0.1) is 0 Å². The second-order valence-electron chi connectivity index (χ2n) is 7.80. The fourth-order valence-corrected chi connectivity index (χ4v) is 4.84. The number of halogens is 3. The average molecular weight is 459 g/mol. The van der Waals surface area contributed by atoms with Gasteiger partial charge in [-0.25, -0.2) is 0 Å². The first-order valence-corrected chi connectivity index (χ1v) is 11.1. The van der Waals surface area contributed by atoms with Gasteiger partial charge in [-0.2, -0.15) is 17.5 Å². The summed E-state index contributed by atoms with van der Waals surface area (Å²) in [7, 11) is 0. The molecule has 1 aliphatic rings. The normalized spacial score (nSPS) is 15.7. The molecular weight excluding hydrogens is 439 g/mol. The fourth-order valence-electron chi connectivity index (χ4n) is 4.04. The monoisotopic (exact) mass is 459 g/mol. The number of rotatable bonds is 4. The van der Waals surface area contributed by atoms with Gasteiger partial charge in [0.2, 0.25) is 0 Å². The number of piperazine rings is 1. The molecule has 32 heavy (non-hydrogen) atoms. The maximum absolute atomic E-state index is 12.9. The van der Waals surface area contributed by atoms with Gasteiger partial charge < -0.3 is 9.47 Å². The molecule has 4 aromatic rings. The van der Waals surface area contributed by atoms with E-state index < -0.39 is 11.9 Å². The maximum Gasteiger partial charge on any atom is 0.433 e. The number of alkyl halides is 3. The van der Waals surface area contributed by atoms with Gasteiger partial charge in [-0.1, -0.05) is 12.1 Å². The SMILES string of the molecule is O=c1c2cnc(C(F)(F)F)cc2ccn1CCN1CCN(c2nsc3ccccc23)CC1. The predicted octanol–water partition coefficient (Wildman–Crippen LogP) is 3.85. The molecule has 0 bridgehead atoms. The number of pyridine rings is 2. The Morgan fingerprint density at radius 1 is 1.00 bits per heavy atom. The summed E-state index contributed by atoms with van der Waals surface area (Å²) < 4.78 is 45.9. The Bertz CT molecular complexity index is 1320. The Balaban J connectivity index is 1.24. The van der Waals surface area contributed by atoms with E-state index in [1.54, 1.807) is 12.3 Å². The minimum absolute atomic E-state index is 0.195. The van der Waals surface area contributed by atoms with Crippen LogP contribution in [0.5, 0.6) is 0 Å². The van der Waals surface area contributed by atoms with Crippen LogP contribution in [0.2, 0.25) is 0 Å². The summed E-state index contributed by atoms with van der Waals surface area (Å²) in [6.07, 6.45) is -1.95. The van der Waals surface area contributed by atoms with E-state index in [2.05, 4.69) is 31.3 Å². The van der Waals surface area contributed by atoms with Crippen molar-refractivity contribution in [3.8, 4) is 0 Å². The van der Waals surface area contributed by atoms with Gasteiger partial charge in [-0.05, 0) is 41.2 Å². The van der Waals surface area contributed by atoms with Crippen molar-refractivity contribution in [2.45, 2.75) is 12.7 Å². The number of hydrogen-bond donors (Lipinski definition) is 0. The van der Waals surface area contributed by atoms with Crippen LogP contribution in [-0.4, -0.2) is 51.5 Å². The van der Waals surface area contributed by atoms with E-state index in [9.17, 15) is 18.0 Å². The van der Waals surface area contributed by atoms with E-state index in [1.165, 1.54) is 26.2 Å². The molecule has 0 aliphatic carbocycles. The molecule has 0 amide bonds. The lowest BCUT2D eigenvalue weighted by Gasteiger charge is -2.35.